The largest absolute Gasteiger partial charge is 0.366 e. The van der Waals surface area contributed by atoms with Gasteiger partial charge in [0.2, 0.25) is 5.91 Å². The van der Waals surface area contributed by atoms with Crippen molar-refractivity contribution < 1.29 is 9.59 Å². The fourth-order valence-electron chi connectivity index (χ4n) is 3.82. The molecule has 3 N–H and O–H groups in total. The van der Waals surface area contributed by atoms with Gasteiger partial charge < -0.3 is 16.0 Å². The van der Waals surface area contributed by atoms with E-state index < -0.39 is 5.91 Å². The summed E-state index contributed by atoms with van der Waals surface area (Å²) in [6, 6.07) is 14.1. The van der Waals surface area contributed by atoms with E-state index in [-0.39, 0.29) is 17.7 Å². The van der Waals surface area contributed by atoms with Crippen molar-refractivity contribution in [3.63, 3.8) is 0 Å². The summed E-state index contributed by atoms with van der Waals surface area (Å²) in [4.78, 5) is 26.1. The van der Waals surface area contributed by atoms with E-state index in [1.807, 2.05) is 58.3 Å². The maximum atomic E-state index is 12.4. The van der Waals surface area contributed by atoms with E-state index in [9.17, 15) is 9.59 Å². The lowest BCUT2D eigenvalue weighted by Crippen LogP contribution is -2.41. The van der Waals surface area contributed by atoms with Crippen molar-refractivity contribution in [3.8, 4) is 0 Å². The van der Waals surface area contributed by atoms with E-state index in [0.717, 1.165) is 24.1 Å². The molecule has 0 aliphatic rings. The Morgan fingerprint density at radius 3 is 2.20 bits per heavy atom. The highest BCUT2D eigenvalue weighted by Crippen LogP contribution is 2.20. The summed E-state index contributed by atoms with van der Waals surface area (Å²) >= 11 is 0. The number of nitrogens with two attached hydrogens (primary N) is 1. The second kappa shape index (κ2) is 11.0. The van der Waals surface area contributed by atoms with Gasteiger partial charge in [0.1, 0.15) is 5.78 Å². The highest BCUT2D eigenvalue weighted by atomic mass is 16.1. The first-order chi connectivity index (χ1) is 14.2. The predicted octanol–water partition coefficient (Wildman–Crippen LogP) is 3.23. The van der Waals surface area contributed by atoms with E-state index in [1.54, 1.807) is 0 Å². The van der Waals surface area contributed by atoms with Gasteiger partial charge in [-0.3, -0.25) is 9.59 Å². The number of amides is 1. The summed E-state index contributed by atoms with van der Waals surface area (Å²) < 4.78 is 0. The lowest BCUT2D eigenvalue weighted by molar-refractivity contribution is -0.118. The summed E-state index contributed by atoms with van der Waals surface area (Å²) in [6.45, 7) is 7.22. The number of hydrogen-bond acceptors (Lipinski definition) is 4. The van der Waals surface area contributed by atoms with Gasteiger partial charge in [0.25, 0.3) is 0 Å². The van der Waals surface area contributed by atoms with Crippen LogP contribution in [-0.2, 0) is 11.2 Å². The highest BCUT2D eigenvalue weighted by Gasteiger charge is 2.17. The van der Waals surface area contributed by atoms with Crippen LogP contribution in [0, 0.1) is 13.8 Å². The summed E-state index contributed by atoms with van der Waals surface area (Å²) in [5.41, 5.74) is 10.5. The lowest BCUT2D eigenvalue weighted by atomic mass is 9.93. The third kappa shape index (κ3) is 6.78. The molecule has 0 saturated carbocycles. The number of carbonyl (C=O) groups is 2. The third-order valence-corrected chi connectivity index (χ3v) is 5.76. The second-order valence-corrected chi connectivity index (χ2v) is 8.46. The van der Waals surface area contributed by atoms with E-state index in [0.29, 0.717) is 18.5 Å². The number of primary amides is 1. The minimum Gasteiger partial charge on any atom is -0.366 e. The van der Waals surface area contributed by atoms with Gasteiger partial charge in [-0.2, -0.15) is 0 Å². The summed E-state index contributed by atoms with van der Waals surface area (Å²) in [7, 11) is 4.10. The van der Waals surface area contributed by atoms with Crippen molar-refractivity contribution in [3.05, 3.63) is 70.3 Å². The van der Waals surface area contributed by atoms with Crippen LogP contribution in [0.4, 0.5) is 0 Å². The zero-order chi connectivity index (χ0) is 22.3. The molecule has 0 spiro atoms. The molecule has 30 heavy (non-hydrogen) atoms. The van der Waals surface area contributed by atoms with Crippen LogP contribution in [0.15, 0.2) is 42.5 Å². The molecule has 0 aliphatic carbocycles. The summed E-state index contributed by atoms with van der Waals surface area (Å²) in [5, 5.41) is 3.35. The maximum absolute atomic E-state index is 12.4. The van der Waals surface area contributed by atoms with Crippen molar-refractivity contribution in [2.45, 2.75) is 45.6 Å². The molecule has 5 heteroatoms. The topological polar surface area (TPSA) is 75.4 Å². The number of ketones is 1. The Kier molecular flexibility index (Phi) is 8.75. The van der Waals surface area contributed by atoms with Crippen LogP contribution in [0.3, 0.4) is 0 Å². The quantitative estimate of drug-likeness (QED) is 0.597. The Hall–Kier alpha value is -2.50. The number of nitrogens with one attached hydrogen (secondary N) is 1. The minimum atomic E-state index is -0.401. The van der Waals surface area contributed by atoms with Gasteiger partial charge in [0.05, 0.1) is 6.54 Å². The molecule has 2 aromatic carbocycles. The molecule has 2 aromatic rings. The first kappa shape index (κ1) is 23.8. The molecule has 0 bridgehead atoms. The molecule has 0 aromatic heterocycles. The summed E-state index contributed by atoms with van der Waals surface area (Å²) in [6.07, 6.45) is 1.38. The van der Waals surface area contributed by atoms with Crippen molar-refractivity contribution in [1.82, 2.24) is 10.2 Å². The molecule has 0 unspecified atom stereocenters. The molecule has 1 amide bonds. The lowest BCUT2D eigenvalue weighted by Gasteiger charge is -2.26. The van der Waals surface area contributed by atoms with Gasteiger partial charge >= 0.3 is 0 Å². The number of nitrogens with zero attached hydrogens (tertiary/aromatic N) is 1. The Labute approximate surface area is 180 Å². The van der Waals surface area contributed by atoms with Gasteiger partial charge in [-0.15, -0.1) is 0 Å². The van der Waals surface area contributed by atoms with Gasteiger partial charge in [-0.25, -0.2) is 0 Å². The molecule has 0 heterocycles. The van der Waals surface area contributed by atoms with Crippen molar-refractivity contribution >= 4 is 11.7 Å². The Balaban J connectivity index is 1.92. The zero-order valence-corrected chi connectivity index (χ0v) is 18.9. The molecule has 0 fully saturated rings. The van der Waals surface area contributed by atoms with E-state index in [2.05, 4.69) is 29.3 Å². The monoisotopic (exact) mass is 409 g/mol. The Bertz CT molecular complexity index is 839. The maximum Gasteiger partial charge on any atom is 0.248 e. The Morgan fingerprint density at radius 1 is 1.07 bits per heavy atom. The molecule has 0 radical (unpaired) electrons. The number of carbonyl (C=O) groups excluding carboxylic acids is 2. The first-order valence-corrected chi connectivity index (χ1v) is 10.5. The molecule has 162 valence electrons. The number of aryl methyl sites for hydroxylation is 2. The number of Topliss-reactive ketones (excluding diaryl/α,β-unsaturated/α-hetero) is 1. The van der Waals surface area contributed by atoms with Crippen LogP contribution in [-0.4, -0.2) is 49.8 Å². The second-order valence-electron chi connectivity index (χ2n) is 8.46. The summed E-state index contributed by atoms with van der Waals surface area (Å²) in [5.74, 6) is 0.0445. The van der Waals surface area contributed by atoms with Gasteiger partial charge in [0, 0.05) is 24.6 Å². The van der Waals surface area contributed by atoms with E-state index in [4.69, 9.17) is 5.73 Å². The van der Waals surface area contributed by atoms with Gasteiger partial charge in [-0.1, -0.05) is 37.3 Å². The average Bonchev–Trinajstić information content (AvgIpc) is 2.69. The van der Waals surface area contributed by atoms with Crippen molar-refractivity contribution in [1.29, 1.82) is 0 Å². The van der Waals surface area contributed by atoms with Crippen LogP contribution >= 0.6 is 0 Å². The molecule has 5 nitrogen and oxygen atoms in total. The van der Waals surface area contributed by atoms with Crippen LogP contribution in [0.25, 0.3) is 0 Å². The minimum absolute atomic E-state index is 0.221. The standard InChI is InChI=1S/C25H35N3O2/c1-17(20-9-7-6-8-10-20)13-23(29)16-27-15-22(28(4)5)14-24-18(2)11-21(25(26)30)12-19(24)3/h6-12,17,22,27H,13-16H2,1-5H3,(H2,26,30)/t17-,22+/m1/s1. The fourth-order valence-corrected chi connectivity index (χ4v) is 3.82. The van der Waals surface area contributed by atoms with Crippen LogP contribution in [0.2, 0.25) is 0 Å². The van der Waals surface area contributed by atoms with Crippen LogP contribution in [0.1, 0.15) is 51.9 Å². The van der Waals surface area contributed by atoms with Crippen molar-refractivity contribution in [2.75, 3.05) is 27.2 Å². The van der Waals surface area contributed by atoms with Gasteiger partial charge in [-0.05, 0) is 74.7 Å². The number of rotatable bonds is 11. The molecule has 2 rings (SSSR count). The smallest absolute Gasteiger partial charge is 0.248 e. The fraction of sp³-hybridized carbons (Fsp3) is 0.440. The van der Waals surface area contributed by atoms with Gasteiger partial charge in [0.15, 0.2) is 0 Å². The third-order valence-electron chi connectivity index (χ3n) is 5.76. The van der Waals surface area contributed by atoms with Crippen LogP contribution < -0.4 is 11.1 Å². The molecular formula is C25H35N3O2. The predicted molar refractivity (Wildman–Crippen MR) is 123 cm³/mol. The molecule has 2 atom stereocenters. The average molecular weight is 410 g/mol. The zero-order valence-electron chi connectivity index (χ0n) is 18.9. The SMILES string of the molecule is Cc1cc(C(N)=O)cc(C)c1C[C@@H](CNCC(=O)C[C@@H](C)c1ccccc1)N(C)C. The Morgan fingerprint density at radius 2 is 1.67 bits per heavy atom. The molecule has 0 saturated heterocycles. The van der Waals surface area contributed by atoms with Crippen LogP contribution in [0.5, 0.6) is 0 Å². The van der Waals surface area contributed by atoms with Crippen molar-refractivity contribution in [2.24, 2.45) is 5.73 Å². The molecular weight excluding hydrogens is 374 g/mol. The first-order valence-electron chi connectivity index (χ1n) is 10.5. The highest BCUT2D eigenvalue weighted by molar-refractivity contribution is 5.93. The molecule has 0 aliphatic heterocycles. The van der Waals surface area contributed by atoms with E-state index in [1.165, 1.54) is 11.1 Å². The van der Waals surface area contributed by atoms with E-state index >= 15 is 0 Å². The normalized spacial score (nSPS) is 13.3. The number of hydrogen-bond donors (Lipinski definition) is 2. The number of likely N-dealkylation sites (N-methyl/N-ethyl adjacent to an activating group) is 1. The number of benzene rings is 2.